The van der Waals surface area contributed by atoms with E-state index >= 15 is 0 Å². The van der Waals surface area contributed by atoms with Gasteiger partial charge in [-0.1, -0.05) is 46.3 Å². The summed E-state index contributed by atoms with van der Waals surface area (Å²) >= 11 is 3.69. The van der Waals surface area contributed by atoms with Crippen LogP contribution < -0.4 is 11.3 Å². The third-order valence-electron chi connectivity index (χ3n) is 6.74. The van der Waals surface area contributed by atoms with Crippen LogP contribution in [-0.4, -0.2) is 21.0 Å². The molecule has 0 radical (unpaired) electrons. The van der Waals surface area contributed by atoms with Crippen LogP contribution in [0.15, 0.2) is 57.9 Å². The van der Waals surface area contributed by atoms with Crippen LogP contribution in [0.1, 0.15) is 25.5 Å². The number of pyridine rings is 1. The third kappa shape index (κ3) is 3.09. The molecule has 3 aromatic carbocycles. The van der Waals surface area contributed by atoms with Crippen molar-refractivity contribution in [3.8, 4) is 11.1 Å². The normalized spacial score (nSPS) is 16.6. The number of halogens is 2. The lowest BCUT2D eigenvalue weighted by molar-refractivity contribution is -0.0391. The predicted octanol–water partition coefficient (Wildman–Crippen LogP) is 5.89. The van der Waals surface area contributed by atoms with Gasteiger partial charge in [0.05, 0.1) is 5.52 Å². The molecule has 0 saturated carbocycles. The Bertz CT molecular complexity index is 1670. The lowest BCUT2D eigenvalue weighted by Crippen LogP contribution is -2.22. The van der Waals surface area contributed by atoms with Gasteiger partial charge in [0.15, 0.2) is 5.82 Å². The fourth-order valence-corrected chi connectivity index (χ4v) is 5.66. The molecule has 34 heavy (non-hydrogen) atoms. The number of nitrogens with zero attached hydrogens (tertiary/aromatic N) is 3. The van der Waals surface area contributed by atoms with Gasteiger partial charge in [-0.15, -0.1) is 0 Å². The number of ether oxygens (including phenoxy) is 1. The maximum absolute atomic E-state index is 14.9. The summed E-state index contributed by atoms with van der Waals surface area (Å²) in [6.07, 6.45) is 4.44. The van der Waals surface area contributed by atoms with E-state index in [-0.39, 0.29) is 23.0 Å². The van der Waals surface area contributed by atoms with Gasteiger partial charge < -0.3 is 15.0 Å². The molecule has 1 aliphatic heterocycles. The molecule has 1 saturated heterocycles. The van der Waals surface area contributed by atoms with E-state index in [9.17, 15) is 9.18 Å². The van der Waals surface area contributed by atoms with Gasteiger partial charge >= 0.3 is 0 Å². The zero-order chi connectivity index (χ0) is 23.6. The van der Waals surface area contributed by atoms with Gasteiger partial charge in [-0.3, -0.25) is 4.79 Å². The first-order chi connectivity index (χ1) is 16.5. The van der Waals surface area contributed by atoms with E-state index in [1.807, 2.05) is 36.5 Å². The summed E-state index contributed by atoms with van der Waals surface area (Å²) in [5, 5.41) is 7.85. The highest BCUT2D eigenvalue weighted by Crippen LogP contribution is 2.41. The number of nitrogen functional groups attached to an aromatic ring is 1. The average Bonchev–Trinajstić information content (AvgIpc) is 3.31. The van der Waals surface area contributed by atoms with Crippen molar-refractivity contribution in [3.05, 3.63) is 69.3 Å². The molecule has 0 aliphatic carbocycles. The van der Waals surface area contributed by atoms with E-state index in [1.165, 1.54) is 6.07 Å². The minimum atomic E-state index is -0.424. The quantitative estimate of drug-likeness (QED) is 0.294. The fraction of sp³-hybridized carbons (Fsp3) is 0.231. The van der Waals surface area contributed by atoms with E-state index < -0.39 is 5.82 Å². The molecule has 2 N–H and O–H groups in total. The van der Waals surface area contributed by atoms with Crippen molar-refractivity contribution >= 4 is 54.2 Å². The molecule has 1 fully saturated rings. The molecule has 1 atom stereocenters. The summed E-state index contributed by atoms with van der Waals surface area (Å²) in [4.78, 5) is 13.3. The van der Waals surface area contributed by atoms with Crippen molar-refractivity contribution in [3.63, 3.8) is 0 Å². The lowest BCUT2D eigenvalue weighted by atomic mass is 9.94. The van der Waals surface area contributed by atoms with Crippen molar-refractivity contribution in [2.45, 2.75) is 25.5 Å². The summed E-state index contributed by atoms with van der Waals surface area (Å²) in [5.41, 5.74) is 8.54. The highest BCUT2D eigenvalue weighted by molar-refractivity contribution is 9.10. The standard InChI is InChI=1S/C26H22BrFN4O2/c1-31-25-16-7-3-2-6-14(16)19(27)12-17(25)22(23(29)26(31)33)15-9-10-20(28)24-18(15)13-32(30-24)21-8-4-5-11-34-21/h2-3,6-7,9-10,12-13,21H,4-5,8,11,29H2,1H3. The van der Waals surface area contributed by atoms with E-state index in [2.05, 4.69) is 21.0 Å². The van der Waals surface area contributed by atoms with Gasteiger partial charge in [0.2, 0.25) is 0 Å². The number of hydrogen-bond acceptors (Lipinski definition) is 4. The molecule has 0 amide bonds. The van der Waals surface area contributed by atoms with Gasteiger partial charge in [-0.2, -0.15) is 5.10 Å². The Morgan fingerprint density at radius 3 is 2.68 bits per heavy atom. The van der Waals surface area contributed by atoms with E-state index in [1.54, 1.807) is 22.4 Å². The fourth-order valence-electron chi connectivity index (χ4n) is 5.08. The SMILES string of the molecule is Cn1c(=O)c(N)c(-c2ccc(F)c3nn(C4CCCCO4)cc23)c2cc(Br)c3ccccc3c21. The Kier molecular flexibility index (Phi) is 4.97. The van der Waals surface area contributed by atoms with E-state index in [4.69, 9.17) is 10.5 Å². The first kappa shape index (κ1) is 21.3. The van der Waals surface area contributed by atoms with Crippen LogP contribution in [0.5, 0.6) is 0 Å². The molecule has 0 spiro atoms. The largest absolute Gasteiger partial charge is 0.394 e. The molecule has 2 aromatic heterocycles. The number of aryl methyl sites for hydroxylation is 1. The second-order valence-corrected chi connectivity index (χ2v) is 9.59. The Balaban J connectivity index is 1.72. The van der Waals surface area contributed by atoms with Gasteiger partial charge in [0.25, 0.3) is 5.56 Å². The summed E-state index contributed by atoms with van der Waals surface area (Å²) in [7, 11) is 1.73. The smallest absolute Gasteiger partial charge is 0.274 e. The first-order valence-electron chi connectivity index (χ1n) is 11.2. The molecule has 8 heteroatoms. The molecule has 172 valence electrons. The maximum atomic E-state index is 14.9. The molecule has 6 nitrogen and oxygen atoms in total. The number of fused-ring (bicyclic) bond motifs is 4. The summed E-state index contributed by atoms with van der Waals surface area (Å²) < 4.78 is 24.9. The minimum Gasteiger partial charge on any atom is -0.394 e. The van der Waals surface area contributed by atoms with Crippen LogP contribution in [-0.2, 0) is 11.8 Å². The van der Waals surface area contributed by atoms with Crippen molar-refractivity contribution in [1.29, 1.82) is 0 Å². The monoisotopic (exact) mass is 520 g/mol. The summed E-state index contributed by atoms with van der Waals surface area (Å²) in [6.45, 7) is 0.656. The summed E-state index contributed by atoms with van der Waals surface area (Å²) in [6, 6.07) is 12.9. The number of benzene rings is 3. The molecule has 3 heterocycles. The second kappa shape index (κ2) is 7.92. The van der Waals surface area contributed by atoms with Crippen LogP contribution in [0.3, 0.4) is 0 Å². The Labute approximate surface area is 202 Å². The van der Waals surface area contributed by atoms with E-state index in [0.29, 0.717) is 23.1 Å². The van der Waals surface area contributed by atoms with Gasteiger partial charge in [-0.25, -0.2) is 9.07 Å². The third-order valence-corrected chi connectivity index (χ3v) is 7.40. The minimum absolute atomic E-state index is 0.117. The second-order valence-electron chi connectivity index (χ2n) is 8.74. The van der Waals surface area contributed by atoms with Gasteiger partial charge in [-0.05, 0) is 42.3 Å². The Hall–Kier alpha value is -3.23. The van der Waals surface area contributed by atoms with Crippen molar-refractivity contribution in [1.82, 2.24) is 14.3 Å². The number of rotatable bonds is 2. The van der Waals surface area contributed by atoms with Crippen LogP contribution in [0.2, 0.25) is 0 Å². The number of anilines is 1. The highest BCUT2D eigenvalue weighted by Gasteiger charge is 2.23. The zero-order valence-corrected chi connectivity index (χ0v) is 20.1. The molecule has 1 aliphatic rings. The van der Waals surface area contributed by atoms with Gasteiger partial charge in [0.1, 0.15) is 17.4 Å². The molecule has 0 bridgehead atoms. The molecular formula is C26H22BrFN4O2. The van der Waals surface area contributed by atoms with Crippen LogP contribution in [0.4, 0.5) is 10.1 Å². The van der Waals surface area contributed by atoms with E-state index in [0.717, 1.165) is 45.4 Å². The Morgan fingerprint density at radius 1 is 1.12 bits per heavy atom. The van der Waals surface area contributed by atoms with Crippen molar-refractivity contribution in [2.24, 2.45) is 7.05 Å². The van der Waals surface area contributed by atoms with Crippen LogP contribution >= 0.6 is 15.9 Å². The summed E-state index contributed by atoms with van der Waals surface area (Å²) in [5.74, 6) is -0.424. The topological polar surface area (TPSA) is 75.1 Å². The Morgan fingerprint density at radius 2 is 1.91 bits per heavy atom. The molecular weight excluding hydrogens is 499 g/mol. The number of aromatic nitrogens is 3. The average molecular weight is 521 g/mol. The van der Waals surface area contributed by atoms with Crippen LogP contribution in [0.25, 0.3) is 43.7 Å². The zero-order valence-electron chi connectivity index (χ0n) is 18.5. The van der Waals surface area contributed by atoms with Gasteiger partial charge in [0, 0.05) is 46.0 Å². The predicted molar refractivity (Wildman–Crippen MR) is 136 cm³/mol. The molecule has 6 rings (SSSR count). The van der Waals surface area contributed by atoms with Crippen LogP contribution in [0, 0.1) is 5.82 Å². The maximum Gasteiger partial charge on any atom is 0.274 e. The van der Waals surface area contributed by atoms with Crippen molar-refractivity contribution in [2.75, 3.05) is 12.3 Å². The first-order valence-corrected chi connectivity index (χ1v) is 12.0. The van der Waals surface area contributed by atoms with Crippen molar-refractivity contribution < 1.29 is 9.13 Å². The molecule has 1 unspecified atom stereocenters. The number of hydrogen-bond donors (Lipinski definition) is 1. The number of nitrogens with two attached hydrogens (primary N) is 1. The highest BCUT2D eigenvalue weighted by atomic mass is 79.9. The molecule has 5 aromatic rings. The lowest BCUT2D eigenvalue weighted by Gasteiger charge is -2.22.